The topological polar surface area (TPSA) is 78.9 Å². The lowest BCUT2D eigenvalue weighted by Gasteiger charge is -2.18. The van der Waals surface area contributed by atoms with E-state index in [9.17, 15) is 14.4 Å². The van der Waals surface area contributed by atoms with E-state index in [-0.39, 0.29) is 31.1 Å². The minimum absolute atomic E-state index is 0.0690. The standard InChI is InChI=1S/C66H120O6/c1-4-7-10-13-16-19-22-24-26-28-30-32-33-34-36-37-39-41-44-47-50-53-56-59-65(68)71-62-63(61-70-64(67)58-55-52-49-46-43-21-18-15-12-9-6-3)72-66(69)60-57-54-51-48-45-42-40-38-35-31-29-27-25-23-20-17-14-11-8-5-2/h7,10,16,19,24,26,30,32,63H,4-6,8-9,11-15,17-18,20-23,25,27-29,31,33-62H2,1-3H3/b10-7-,19-16-,26-24-,32-30-. The Morgan fingerprint density at radius 3 is 0.847 bits per heavy atom. The quantitative estimate of drug-likeness (QED) is 0.0261. The maximum Gasteiger partial charge on any atom is 0.306 e. The first kappa shape index (κ1) is 69.4. The van der Waals surface area contributed by atoms with Crippen molar-refractivity contribution in [3.8, 4) is 0 Å². The maximum absolute atomic E-state index is 12.9. The molecule has 0 aromatic heterocycles. The highest BCUT2D eigenvalue weighted by atomic mass is 16.6. The maximum atomic E-state index is 12.9. The van der Waals surface area contributed by atoms with Crippen molar-refractivity contribution in [2.24, 2.45) is 0 Å². The molecular weight excluding hydrogens is 889 g/mol. The van der Waals surface area contributed by atoms with Gasteiger partial charge in [0.25, 0.3) is 0 Å². The predicted octanol–water partition coefficient (Wildman–Crippen LogP) is 21.4. The number of rotatable bonds is 58. The molecular formula is C66H120O6. The van der Waals surface area contributed by atoms with Gasteiger partial charge >= 0.3 is 17.9 Å². The number of carbonyl (C=O) groups excluding carboxylic acids is 3. The Bertz CT molecular complexity index is 1250. The van der Waals surface area contributed by atoms with Gasteiger partial charge in [0.05, 0.1) is 0 Å². The monoisotopic (exact) mass is 1010 g/mol. The minimum Gasteiger partial charge on any atom is -0.462 e. The smallest absolute Gasteiger partial charge is 0.306 e. The second-order valence-corrected chi connectivity index (χ2v) is 21.3. The Morgan fingerprint density at radius 1 is 0.292 bits per heavy atom. The third-order valence-electron chi connectivity index (χ3n) is 14.1. The van der Waals surface area contributed by atoms with Crippen molar-refractivity contribution in [1.82, 2.24) is 0 Å². The molecule has 1 unspecified atom stereocenters. The second-order valence-electron chi connectivity index (χ2n) is 21.3. The van der Waals surface area contributed by atoms with E-state index in [0.29, 0.717) is 19.3 Å². The van der Waals surface area contributed by atoms with Crippen LogP contribution in [0.5, 0.6) is 0 Å². The van der Waals surface area contributed by atoms with E-state index in [1.54, 1.807) is 0 Å². The van der Waals surface area contributed by atoms with E-state index in [1.165, 1.54) is 212 Å². The third-order valence-corrected chi connectivity index (χ3v) is 14.1. The molecule has 0 aromatic carbocycles. The molecule has 0 heterocycles. The summed E-state index contributed by atoms with van der Waals surface area (Å²) in [7, 11) is 0. The van der Waals surface area contributed by atoms with E-state index < -0.39 is 6.10 Å². The van der Waals surface area contributed by atoms with Gasteiger partial charge in [-0.1, -0.05) is 307 Å². The van der Waals surface area contributed by atoms with Crippen molar-refractivity contribution in [2.75, 3.05) is 13.2 Å². The summed E-state index contributed by atoms with van der Waals surface area (Å²) in [4.78, 5) is 38.2. The molecule has 0 aliphatic carbocycles. The van der Waals surface area contributed by atoms with Crippen LogP contribution in [0.25, 0.3) is 0 Å². The van der Waals surface area contributed by atoms with Crippen molar-refractivity contribution in [2.45, 2.75) is 341 Å². The van der Waals surface area contributed by atoms with E-state index >= 15 is 0 Å². The number of carbonyl (C=O) groups is 3. The van der Waals surface area contributed by atoms with Gasteiger partial charge in [-0.25, -0.2) is 0 Å². The highest BCUT2D eigenvalue weighted by Gasteiger charge is 2.19. The summed E-state index contributed by atoms with van der Waals surface area (Å²) >= 11 is 0. The molecule has 72 heavy (non-hydrogen) atoms. The van der Waals surface area contributed by atoms with Gasteiger partial charge in [-0.15, -0.1) is 0 Å². The zero-order valence-corrected chi connectivity index (χ0v) is 48.2. The summed E-state index contributed by atoms with van der Waals surface area (Å²) < 4.78 is 16.9. The normalized spacial score (nSPS) is 12.3. The van der Waals surface area contributed by atoms with Crippen molar-refractivity contribution in [3.05, 3.63) is 48.6 Å². The number of unbranched alkanes of at least 4 members (excludes halogenated alkanes) is 39. The lowest BCUT2D eigenvalue weighted by molar-refractivity contribution is -0.167. The fourth-order valence-electron chi connectivity index (χ4n) is 9.38. The Morgan fingerprint density at radius 2 is 0.542 bits per heavy atom. The van der Waals surface area contributed by atoms with Crippen molar-refractivity contribution < 1.29 is 28.6 Å². The van der Waals surface area contributed by atoms with Crippen molar-refractivity contribution in [1.29, 1.82) is 0 Å². The number of hydrogen-bond donors (Lipinski definition) is 0. The Hall–Kier alpha value is -2.63. The van der Waals surface area contributed by atoms with Gasteiger partial charge in [-0.2, -0.15) is 0 Å². The molecule has 0 bridgehead atoms. The van der Waals surface area contributed by atoms with Gasteiger partial charge < -0.3 is 14.2 Å². The summed E-state index contributed by atoms with van der Waals surface area (Å²) in [5.41, 5.74) is 0. The third kappa shape index (κ3) is 58.3. The summed E-state index contributed by atoms with van der Waals surface area (Å²) in [5, 5.41) is 0. The summed E-state index contributed by atoms with van der Waals surface area (Å²) in [6, 6.07) is 0. The van der Waals surface area contributed by atoms with Gasteiger partial charge in [-0.3, -0.25) is 14.4 Å². The molecule has 0 saturated heterocycles. The van der Waals surface area contributed by atoms with Crippen LogP contribution in [0.3, 0.4) is 0 Å². The first-order valence-electron chi connectivity index (χ1n) is 31.6. The van der Waals surface area contributed by atoms with E-state index in [2.05, 4.69) is 69.4 Å². The van der Waals surface area contributed by atoms with Gasteiger partial charge in [-0.05, 0) is 57.8 Å². The number of hydrogen-bond acceptors (Lipinski definition) is 6. The molecule has 0 aromatic rings. The van der Waals surface area contributed by atoms with Crippen molar-refractivity contribution >= 4 is 17.9 Å². The van der Waals surface area contributed by atoms with E-state index in [1.807, 2.05) is 0 Å². The fourth-order valence-corrected chi connectivity index (χ4v) is 9.38. The SMILES string of the molecule is CC/C=C\C/C=C\C/C=C\C/C=C\CCCCCCCCCCCCC(=O)OCC(COC(=O)CCCCCCCCCCCCC)OC(=O)CCCCCCCCCCCCCCCCCCCCCC. The van der Waals surface area contributed by atoms with E-state index in [0.717, 1.165) is 83.5 Å². The molecule has 1 atom stereocenters. The van der Waals surface area contributed by atoms with Crippen LogP contribution < -0.4 is 0 Å². The molecule has 0 rings (SSSR count). The van der Waals surface area contributed by atoms with Gasteiger partial charge in [0.15, 0.2) is 6.10 Å². The van der Waals surface area contributed by atoms with Gasteiger partial charge in [0.1, 0.15) is 13.2 Å². The van der Waals surface area contributed by atoms with Gasteiger partial charge in [0, 0.05) is 19.3 Å². The summed E-state index contributed by atoms with van der Waals surface area (Å²) in [5.74, 6) is -0.852. The molecule has 0 fully saturated rings. The largest absolute Gasteiger partial charge is 0.462 e. The average molecular weight is 1010 g/mol. The van der Waals surface area contributed by atoms with Crippen LogP contribution in [-0.2, 0) is 28.6 Å². The van der Waals surface area contributed by atoms with E-state index in [4.69, 9.17) is 14.2 Å². The van der Waals surface area contributed by atoms with Crippen LogP contribution in [0.1, 0.15) is 335 Å². The number of esters is 3. The van der Waals surface area contributed by atoms with Crippen LogP contribution in [0.4, 0.5) is 0 Å². The Labute approximate surface area is 448 Å². The molecule has 0 saturated carbocycles. The number of ether oxygens (including phenoxy) is 3. The van der Waals surface area contributed by atoms with Crippen LogP contribution in [-0.4, -0.2) is 37.2 Å². The molecule has 0 aliphatic rings. The summed E-state index contributed by atoms with van der Waals surface area (Å²) in [6.45, 7) is 6.57. The van der Waals surface area contributed by atoms with Crippen LogP contribution in [0.15, 0.2) is 48.6 Å². The van der Waals surface area contributed by atoms with Crippen LogP contribution >= 0.6 is 0 Å². The zero-order valence-electron chi connectivity index (χ0n) is 48.2. The Kier molecular flexibility index (Phi) is 58.7. The minimum atomic E-state index is -0.771. The first-order chi connectivity index (χ1) is 35.5. The first-order valence-corrected chi connectivity index (χ1v) is 31.6. The fraction of sp³-hybridized carbons (Fsp3) is 0.833. The molecule has 0 amide bonds. The molecule has 0 spiro atoms. The highest BCUT2D eigenvalue weighted by molar-refractivity contribution is 5.71. The average Bonchev–Trinajstić information content (AvgIpc) is 3.38. The molecule has 6 heteroatoms. The lowest BCUT2D eigenvalue weighted by Crippen LogP contribution is -2.30. The molecule has 0 radical (unpaired) electrons. The molecule has 0 aliphatic heterocycles. The summed E-state index contributed by atoms with van der Waals surface area (Å²) in [6.07, 6.45) is 75.5. The zero-order chi connectivity index (χ0) is 52.2. The highest BCUT2D eigenvalue weighted by Crippen LogP contribution is 2.18. The van der Waals surface area contributed by atoms with Crippen LogP contribution in [0, 0.1) is 0 Å². The second kappa shape index (κ2) is 60.9. The molecule has 6 nitrogen and oxygen atoms in total. The molecule has 0 N–H and O–H groups in total. The number of allylic oxidation sites excluding steroid dienone is 8. The van der Waals surface area contributed by atoms with Crippen molar-refractivity contribution in [3.63, 3.8) is 0 Å². The van der Waals surface area contributed by atoms with Crippen LogP contribution in [0.2, 0.25) is 0 Å². The lowest BCUT2D eigenvalue weighted by atomic mass is 10.0. The molecule has 420 valence electrons. The Balaban J connectivity index is 4.25. The predicted molar refractivity (Wildman–Crippen MR) is 312 cm³/mol. The van der Waals surface area contributed by atoms with Gasteiger partial charge in [0.2, 0.25) is 0 Å².